The Kier molecular flexibility index (Phi) is 4.97. The molecule has 2 aromatic heterocycles. The van der Waals surface area contributed by atoms with Crippen molar-refractivity contribution in [2.45, 2.75) is 18.8 Å². The minimum Gasteiger partial charge on any atom is -0.341 e. The molecule has 0 saturated carbocycles. The second-order valence-electron chi connectivity index (χ2n) is 8.53. The molecule has 1 spiro atoms. The van der Waals surface area contributed by atoms with E-state index in [4.69, 9.17) is 4.52 Å². The average Bonchev–Trinajstić information content (AvgIpc) is 3.48. The third kappa shape index (κ3) is 3.81. The van der Waals surface area contributed by atoms with E-state index in [9.17, 15) is 9.18 Å². The average molecular weight is 422 g/mol. The number of halogens is 1. The molecule has 2 aliphatic heterocycles. The monoisotopic (exact) mass is 422 g/mol. The first-order valence-electron chi connectivity index (χ1n) is 10.3. The summed E-state index contributed by atoms with van der Waals surface area (Å²) >= 11 is 0. The van der Waals surface area contributed by atoms with Crippen molar-refractivity contribution in [1.82, 2.24) is 29.9 Å². The standard InChI is InChI=1S/C22H23FN6O2/c1-28-8-5-22(13-28)14-29(19(30)10-15-3-2-4-16(23)9-15)12-17(22)21-26-20(27-31-21)18-11-24-6-7-25-18/h2-4,6-7,9,11,17H,5,8,10,12-14H2,1H3/t17-,22-/m0/s1. The molecule has 31 heavy (non-hydrogen) atoms. The zero-order chi connectivity index (χ0) is 21.4. The van der Waals surface area contributed by atoms with Crippen LogP contribution in [0.3, 0.4) is 0 Å². The number of rotatable bonds is 4. The number of benzene rings is 1. The highest BCUT2D eigenvalue weighted by Gasteiger charge is 2.53. The van der Waals surface area contributed by atoms with Gasteiger partial charge in [-0.1, -0.05) is 17.3 Å². The molecular formula is C22H23FN6O2. The van der Waals surface area contributed by atoms with Crippen LogP contribution >= 0.6 is 0 Å². The van der Waals surface area contributed by atoms with Crippen molar-refractivity contribution < 1.29 is 13.7 Å². The van der Waals surface area contributed by atoms with E-state index in [1.807, 2.05) is 4.90 Å². The number of hydrogen-bond donors (Lipinski definition) is 0. The maximum absolute atomic E-state index is 13.5. The summed E-state index contributed by atoms with van der Waals surface area (Å²) in [5.41, 5.74) is 1.08. The Morgan fingerprint density at radius 1 is 1.32 bits per heavy atom. The molecule has 9 heteroatoms. The second-order valence-corrected chi connectivity index (χ2v) is 8.53. The second kappa shape index (κ2) is 7.81. The Balaban J connectivity index is 1.40. The predicted octanol–water partition coefficient (Wildman–Crippen LogP) is 2.16. The fourth-order valence-electron chi connectivity index (χ4n) is 4.85. The Morgan fingerprint density at radius 3 is 2.97 bits per heavy atom. The zero-order valence-corrected chi connectivity index (χ0v) is 17.2. The van der Waals surface area contributed by atoms with Crippen molar-refractivity contribution in [3.05, 3.63) is 60.1 Å². The summed E-state index contributed by atoms with van der Waals surface area (Å²) < 4.78 is 19.2. The first-order chi connectivity index (χ1) is 15.0. The molecule has 0 N–H and O–H groups in total. The van der Waals surface area contributed by atoms with Gasteiger partial charge in [-0.25, -0.2) is 9.37 Å². The normalized spacial score (nSPS) is 23.7. The summed E-state index contributed by atoms with van der Waals surface area (Å²) in [6, 6.07) is 6.20. The molecule has 3 aromatic rings. The van der Waals surface area contributed by atoms with E-state index in [0.29, 0.717) is 36.1 Å². The van der Waals surface area contributed by atoms with Crippen LogP contribution in [0.1, 0.15) is 23.8 Å². The lowest BCUT2D eigenvalue weighted by atomic mass is 9.77. The van der Waals surface area contributed by atoms with Gasteiger partial charge in [0.1, 0.15) is 11.5 Å². The van der Waals surface area contributed by atoms with Crippen LogP contribution in [0.25, 0.3) is 11.5 Å². The van der Waals surface area contributed by atoms with E-state index in [1.165, 1.54) is 12.1 Å². The number of aromatic nitrogens is 4. The lowest BCUT2D eigenvalue weighted by Gasteiger charge is -2.27. The molecule has 1 amide bonds. The van der Waals surface area contributed by atoms with E-state index < -0.39 is 0 Å². The summed E-state index contributed by atoms with van der Waals surface area (Å²) in [4.78, 5) is 30.1. The molecule has 2 saturated heterocycles. The van der Waals surface area contributed by atoms with Crippen molar-refractivity contribution in [2.75, 3.05) is 33.2 Å². The van der Waals surface area contributed by atoms with Crippen molar-refractivity contribution in [3.63, 3.8) is 0 Å². The van der Waals surface area contributed by atoms with Gasteiger partial charge in [0.15, 0.2) is 0 Å². The number of hydrogen-bond acceptors (Lipinski definition) is 7. The third-order valence-corrected chi connectivity index (χ3v) is 6.35. The molecular weight excluding hydrogens is 399 g/mol. The van der Waals surface area contributed by atoms with Crippen LogP contribution in [-0.4, -0.2) is 69.0 Å². The molecule has 4 heterocycles. The summed E-state index contributed by atoms with van der Waals surface area (Å²) in [5.74, 6) is 0.509. The quantitative estimate of drug-likeness (QED) is 0.637. The number of carbonyl (C=O) groups is 1. The van der Waals surface area contributed by atoms with Gasteiger partial charge in [0.2, 0.25) is 17.6 Å². The first-order valence-corrected chi connectivity index (χ1v) is 10.3. The highest BCUT2D eigenvalue weighted by Crippen LogP contribution is 2.48. The maximum Gasteiger partial charge on any atom is 0.232 e. The Morgan fingerprint density at radius 2 is 2.23 bits per heavy atom. The SMILES string of the molecule is CN1CC[C@]2(C1)CN(C(=O)Cc1cccc(F)c1)C[C@H]2c1nc(-c2cnccn2)no1. The van der Waals surface area contributed by atoms with Crippen molar-refractivity contribution in [3.8, 4) is 11.5 Å². The highest BCUT2D eigenvalue weighted by atomic mass is 19.1. The van der Waals surface area contributed by atoms with Crippen LogP contribution < -0.4 is 0 Å². The molecule has 8 nitrogen and oxygen atoms in total. The van der Waals surface area contributed by atoms with Crippen molar-refractivity contribution in [2.24, 2.45) is 5.41 Å². The van der Waals surface area contributed by atoms with Crippen LogP contribution in [0.4, 0.5) is 4.39 Å². The van der Waals surface area contributed by atoms with Gasteiger partial charge in [-0.2, -0.15) is 4.98 Å². The third-order valence-electron chi connectivity index (χ3n) is 6.35. The topological polar surface area (TPSA) is 88.2 Å². The summed E-state index contributed by atoms with van der Waals surface area (Å²) in [5, 5.41) is 4.10. The van der Waals surface area contributed by atoms with E-state index in [2.05, 4.69) is 32.1 Å². The van der Waals surface area contributed by atoms with Crippen LogP contribution in [0.5, 0.6) is 0 Å². The van der Waals surface area contributed by atoms with Crippen LogP contribution in [0.15, 0.2) is 47.4 Å². The fraction of sp³-hybridized carbons (Fsp3) is 0.409. The molecule has 0 aliphatic carbocycles. The van der Waals surface area contributed by atoms with Gasteiger partial charge in [0.05, 0.1) is 18.5 Å². The van der Waals surface area contributed by atoms with Gasteiger partial charge >= 0.3 is 0 Å². The lowest BCUT2D eigenvalue weighted by molar-refractivity contribution is -0.129. The molecule has 160 valence electrons. The number of amides is 1. The maximum atomic E-state index is 13.5. The molecule has 2 atom stereocenters. The van der Waals surface area contributed by atoms with E-state index in [-0.39, 0.29) is 29.5 Å². The van der Waals surface area contributed by atoms with Gasteiger partial charge in [0.25, 0.3) is 0 Å². The van der Waals surface area contributed by atoms with Gasteiger partial charge in [0, 0.05) is 37.4 Å². The van der Waals surface area contributed by atoms with E-state index in [0.717, 1.165) is 19.5 Å². The van der Waals surface area contributed by atoms with Crippen LogP contribution in [-0.2, 0) is 11.2 Å². The highest BCUT2D eigenvalue weighted by molar-refractivity contribution is 5.79. The molecule has 2 aliphatic rings. The van der Waals surface area contributed by atoms with Gasteiger partial charge in [-0.15, -0.1) is 0 Å². The van der Waals surface area contributed by atoms with Crippen molar-refractivity contribution in [1.29, 1.82) is 0 Å². The summed E-state index contributed by atoms with van der Waals surface area (Å²) in [7, 11) is 2.09. The summed E-state index contributed by atoms with van der Waals surface area (Å²) in [6.45, 7) is 2.93. The number of carbonyl (C=O) groups excluding carboxylic acids is 1. The molecule has 0 radical (unpaired) electrons. The first kappa shape index (κ1) is 19.7. The zero-order valence-electron chi connectivity index (χ0n) is 17.2. The predicted molar refractivity (Wildman–Crippen MR) is 109 cm³/mol. The molecule has 5 rings (SSSR count). The molecule has 2 fully saturated rings. The number of nitrogens with zero attached hydrogens (tertiary/aromatic N) is 6. The van der Waals surface area contributed by atoms with Gasteiger partial charge in [-0.3, -0.25) is 9.78 Å². The lowest BCUT2D eigenvalue weighted by Crippen LogP contribution is -2.35. The Labute approximate surface area is 179 Å². The molecule has 0 bridgehead atoms. The van der Waals surface area contributed by atoms with Gasteiger partial charge in [-0.05, 0) is 37.7 Å². The molecule has 1 aromatic carbocycles. The smallest absolute Gasteiger partial charge is 0.232 e. The largest absolute Gasteiger partial charge is 0.341 e. The van der Waals surface area contributed by atoms with E-state index >= 15 is 0 Å². The van der Waals surface area contributed by atoms with Crippen LogP contribution in [0.2, 0.25) is 0 Å². The minimum absolute atomic E-state index is 0.0179. The van der Waals surface area contributed by atoms with Crippen molar-refractivity contribution >= 4 is 5.91 Å². The Hall–Kier alpha value is -3.20. The van der Waals surface area contributed by atoms with Crippen LogP contribution in [0, 0.1) is 11.2 Å². The number of likely N-dealkylation sites (tertiary alicyclic amines) is 2. The minimum atomic E-state index is -0.333. The summed E-state index contributed by atoms with van der Waals surface area (Å²) in [6.07, 6.45) is 5.89. The Bertz CT molecular complexity index is 1090. The van der Waals surface area contributed by atoms with Gasteiger partial charge < -0.3 is 14.3 Å². The fourth-order valence-corrected chi connectivity index (χ4v) is 4.85. The van der Waals surface area contributed by atoms with E-state index in [1.54, 1.807) is 30.7 Å². The molecule has 0 unspecified atom stereocenters.